The van der Waals surface area contributed by atoms with Crippen molar-refractivity contribution in [1.29, 1.82) is 0 Å². The first-order valence-corrected chi connectivity index (χ1v) is 34.9. The molecule has 15 aromatic carbocycles. The lowest BCUT2D eigenvalue weighted by atomic mass is 10.0. The molecule has 0 saturated heterocycles. The molecule has 0 saturated carbocycles. The molecule has 10 heteroatoms. The molecule has 0 radical (unpaired) electrons. The van der Waals surface area contributed by atoms with E-state index in [9.17, 15) is 25.5 Å². The lowest BCUT2D eigenvalue weighted by Crippen LogP contribution is -1.87. The van der Waals surface area contributed by atoms with E-state index in [1.807, 2.05) is 325 Å². The lowest BCUT2D eigenvalue weighted by Gasteiger charge is -2.07. The summed E-state index contributed by atoms with van der Waals surface area (Å²) in [6.07, 6.45) is 9.51. The fourth-order valence-corrected chi connectivity index (χ4v) is 12.3. The summed E-state index contributed by atoms with van der Waals surface area (Å²) in [6.45, 7) is 7.98. The van der Waals surface area contributed by atoms with E-state index in [4.69, 9.17) is 0 Å². The van der Waals surface area contributed by atoms with Gasteiger partial charge in [0.2, 0.25) is 0 Å². The number of phenols is 5. The molecule has 0 bridgehead atoms. The van der Waals surface area contributed by atoms with Gasteiger partial charge in [-0.05, 0) is 179 Å². The molecule has 5 N–H and O–H groups in total. The standard InChI is InChI=1S/C26H19NO.C19H17NO.C19H15NO.C17H13NO.C15H15NO/c28-26-20(10-6-12-25(26)18-7-2-1-3-8-18)17-27-22-13-14-24-21(16-22)15-19-9-4-5-11-23(19)24;1-13-6-5-7-14(2)18(13)20-12-16-11-10-15-8-3-4-9-17(15)19(16)21;21-19-16(14-20-17-11-5-2-6-12-17)10-7-13-18(19)15-8-3-1-4-9-15;19-17-14(12-18-15-7-2-1-3-8-15)11-10-13-6-4-5-9-16(13)17;1-11-8-12(2)15(17)13(9-11)10-16-14-6-4-3-5-7-14/h1-14,16-17,28H,15H2;3-12,21H,1-2H3;1-14,21H;1-12,19H;3-10,17H,1-2H3. The number of nitrogens with zero attached hydrogens (tertiary/aromatic N) is 5. The zero-order valence-electron chi connectivity index (χ0n) is 59.3. The van der Waals surface area contributed by atoms with Crippen molar-refractivity contribution >= 4 is 81.1 Å². The average molecular weight is 1380 g/mol. The summed E-state index contributed by atoms with van der Waals surface area (Å²) in [5.74, 6) is 1.37. The highest BCUT2D eigenvalue weighted by atomic mass is 16.3. The predicted molar refractivity (Wildman–Crippen MR) is 442 cm³/mol. The number of aromatic hydroxyl groups is 5. The third kappa shape index (κ3) is 18.4. The van der Waals surface area contributed by atoms with Crippen LogP contribution in [0.15, 0.2) is 359 Å². The van der Waals surface area contributed by atoms with Crippen LogP contribution in [0.4, 0.5) is 28.4 Å². The van der Waals surface area contributed by atoms with Crippen molar-refractivity contribution in [2.75, 3.05) is 0 Å². The molecule has 106 heavy (non-hydrogen) atoms. The van der Waals surface area contributed by atoms with E-state index < -0.39 is 0 Å². The van der Waals surface area contributed by atoms with Crippen LogP contribution in [0.25, 0.3) is 54.9 Å². The number of benzene rings is 15. The van der Waals surface area contributed by atoms with E-state index in [1.54, 1.807) is 31.1 Å². The summed E-state index contributed by atoms with van der Waals surface area (Å²) in [6, 6.07) is 108. The van der Waals surface area contributed by atoms with Crippen molar-refractivity contribution in [1.82, 2.24) is 0 Å². The molecule has 0 aliphatic heterocycles. The van der Waals surface area contributed by atoms with Crippen LogP contribution >= 0.6 is 0 Å². The van der Waals surface area contributed by atoms with E-state index in [2.05, 4.69) is 61.4 Å². The number of rotatable bonds is 12. The lowest BCUT2D eigenvalue weighted by molar-refractivity contribution is 0.470. The molecule has 1 aliphatic carbocycles. The first kappa shape index (κ1) is 72.0. The second kappa shape index (κ2) is 35.2. The molecule has 0 heterocycles. The van der Waals surface area contributed by atoms with Crippen LogP contribution in [0.2, 0.25) is 0 Å². The predicted octanol–water partition coefficient (Wildman–Crippen LogP) is 24.2. The Labute approximate surface area is 619 Å². The molecule has 1 aliphatic rings. The Balaban J connectivity index is 0.000000126. The molecule has 0 fully saturated rings. The molecule has 16 rings (SSSR count). The Bertz CT molecular complexity index is 5640. The summed E-state index contributed by atoms with van der Waals surface area (Å²) < 4.78 is 0. The molecular weight excluding hydrogens is 1300 g/mol. The number of phenolic OH excluding ortho intramolecular Hbond substituents is 5. The van der Waals surface area contributed by atoms with E-state index in [0.29, 0.717) is 16.9 Å². The maximum absolute atomic E-state index is 10.7. The quantitative estimate of drug-likeness (QED) is 0.0768. The zero-order chi connectivity index (χ0) is 73.6. The first-order valence-electron chi connectivity index (χ1n) is 34.9. The van der Waals surface area contributed by atoms with Crippen LogP contribution in [0, 0.1) is 27.7 Å². The molecule has 0 atom stereocenters. The summed E-state index contributed by atoms with van der Waals surface area (Å²) >= 11 is 0. The van der Waals surface area contributed by atoms with Crippen molar-refractivity contribution < 1.29 is 25.5 Å². The second-order valence-corrected chi connectivity index (χ2v) is 25.4. The summed E-state index contributed by atoms with van der Waals surface area (Å²) in [5.41, 5.74) is 21.3. The second-order valence-electron chi connectivity index (χ2n) is 25.4. The van der Waals surface area contributed by atoms with Crippen molar-refractivity contribution in [2.24, 2.45) is 25.0 Å². The van der Waals surface area contributed by atoms with Gasteiger partial charge in [0.15, 0.2) is 0 Å². The maximum atomic E-state index is 10.7. The Morgan fingerprint density at radius 2 is 0.623 bits per heavy atom. The number of aliphatic imine (C=N–C) groups is 5. The number of fused-ring (bicyclic) bond motifs is 5. The molecule has 0 spiro atoms. The van der Waals surface area contributed by atoms with Gasteiger partial charge >= 0.3 is 0 Å². The Morgan fingerprint density at radius 1 is 0.245 bits per heavy atom. The van der Waals surface area contributed by atoms with Crippen molar-refractivity contribution in [2.45, 2.75) is 34.1 Å². The molecule has 518 valence electrons. The number of hydrogen-bond acceptors (Lipinski definition) is 10. The van der Waals surface area contributed by atoms with Gasteiger partial charge in [-0.25, -0.2) is 0 Å². The van der Waals surface area contributed by atoms with Crippen molar-refractivity contribution in [3.63, 3.8) is 0 Å². The van der Waals surface area contributed by atoms with E-state index in [0.717, 1.165) is 118 Å². The van der Waals surface area contributed by atoms with E-state index >= 15 is 0 Å². The van der Waals surface area contributed by atoms with Gasteiger partial charge in [-0.15, -0.1) is 0 Å². The first-order chi connectivity index (χ1) is 51.8. The van der Waals surface area contributed by atoms with Crippen molar-refractivity contribution in [3.8, 4) is 62.1 Å². The molecule has 0 unspecified atom stereocenters. The third-order valence-corrected chi connectivity index (χ3v) is 17.9. The van der Waals surface area contributed by atoms with Gasteiger partial charge in [-0.1, -0.05) is 255 Å². The van der Waals surface area contributed by atoms with Crippen LogP contribution in [-0.4, -0.2) is 56.6 Å². The van der Waals surface area contributed by atoms with Crippen LogP contribution in [0.5, 0.6) is 28.7 Å². The largest absolute Gasteiger partial charge is 0.507 e. The minimum Gasteiger partial charge on any atom is -0.507 e. The number of hydrogen-bond donors (Lipinski definition) is 5. The molecule has 0 aromatic heterocycles. The Kier molecular flexibility index (Phi) is 23.9. The average Bonchev–Trinajstić information content (AvgIpc) is 1.64. The SMILES string of the molecule is Cc1cc(C)c(O)c(C=Nc2ccccc2)c1.Cc1cccc(C)c1N=Cc1ccc2ccccc2c1O.Oc1c(C=Nc2ccc3c(c2)Cc2ccccc2-3)cccc1-c1ccccc1.Oc1c(C=Nc2ccccc2)ccc2ccccc12.Oc1c(C=Nc2ccccc2)cccc1-c1ccccc1. The summed E-state index contributed by atoms with van der Waals surface area (Å²) in [7, 11) is 0. The summed E-state index contributed by atoms with van der Waals surface area (Å²) in [4.78, 5) is 22.3. The smallest absolute Gasteiger partial charge is 0.132 e. The van der Waals surface area contributed by atoms with Gasteiger partial charge in [-0.2, -0.15) is 0 Å². The molecule has 15 aromatic rings. The highest BCUT2D eigenvalue weighted by Gasteiger charge is 2.18. The van der Waals surface area contributed by atoms with E-state index in [-0.39, 0.29) is 23.0 Å². The monoisotopic (exact) mass is 1380 g/mol. The Hall–Kier alpha value is -13.8. The highest BCUT2D eigenvalue weighted by Crippen LogP contribution is 2.40. The third-order valence-electron chi connectivity index (χ3n) is 17.9. The fourth-order valence-electron chi connectivity index (χ4n) is 12.3. The molecule has 10 nitrogen and oxygen atoms in total. The number of para-hydroxylation sites is 6. The van der Waals surface area contributed by atoms with Gasteiger partial charge in [0, 0.05) is 80.8 Å². The zero-order valence-corrected chi connectivity index (χ0v) is 59.3. The van der Waals surface area contributed by atoms with Crippen LogP contribution in [0.3, 0.4) is 0 Å². The van der Waals surface area contributed by atoms with Gasteiger partial charge in [0.05, 0.1) is 28.4 Å². The number of aryl methyl sites for hydroxylation is 4. The van der Waals surface area contributed by atoms with Gasteiger partial charge < -0.3 is 25.5 Å². The fraction of sp³-hybridized carbons (Fsp3) is 0.0521. The molecule has 0 amide bonds. The van der Waals surface area contributed by atoms with Crippen molar-refractivity contribution in [3.05, 3.63) is 395 Å². The normalized spacial score (nSPS) is 11.4. The maximum Gasteiger partial charge on any atom is 0.132 e. The summed E-state index contributed by atoms with van der Waals surface area (Å²) in [5, 5.41) is 55.4. The van der Waals surface area contributed by atoms with Gasteiger partial charge in [-0.3, -0.25) is 25.0 Å². The van der Waals surface area contributed by atoms with Gasteiger partial charge in [0.25, 0.3) is 0 Å². The minimum absolute atomic E-state index is 0.253. The van der Waals surface area contributed by atoms with Gasteiger partial charge in [0.1, 0.15) is 28.7 Å². The molecular formula is C96H79N5O5. The van der Waals surface area contributed by atoms with Crippen LogP contribution in [0.1, 0.15) is 61.2 Å². The van der Waals surface area contributed by atoms with Crippen LogP contribution < -0.4 is 0 Å². The van der Waals surface area contributed by atoms with Crippen LogP contribution in [-0.2, 0) is 6.42 Å². The van der Waals surface area contributed by atoms with E-state index in [1.165, 1.54) is 22.3 Å². The Morgan fingerprint density at radius 3 is 1.11 bits per heavy atom. The topological polar surface area (TPSA) is 163 Å². The minimum atomic E-state index is 0.253. The highest BCUT2D eigenvalue weighted by molar-refractivity contribution is 5.99.